The van der Waals surface area contributed by atoms with Gasteiger partial charge in [0.2, 0.25) is 0 Å². The van der Waals surface area contributed by atoms with Gasteiger partial charge in [-0.05, 0) is 0 Å². The van der Waals surface area contributed by atoms with Crippen molar-refractivity contribution in [1.29, 1.82) is 0 Å². The van der Waals surface area contributed by atoms with Crippen molar-refractivity contribution >= 4 is 41.2 Å². The molecule has 6 rings (SSSR count). The Morgan fingerprint density at radius 2 is 1.20 bits per heavy atom. The van der Waals surface area contributed by atoms with Gasteiger partial charge in [0.25, 0.3) is 0 Å². The van der Waals surface area contributed by atoms with Crippen LogP contribution in [0.2, 0.25) is 0 Å². The number of fused-ring (bicyclic) bond motifs is 3. The van der Waals surface area contributed by atoms with E-state index >= 15 is 0 Å². The zero-order chi connectivity index (χ0) is 30.1. The van der Waals surface area contributed by atoms with Crippen molar-refractivity contribution in [3.05, 3.63) is 134 Å². The molecule has 0 saturated heterocycles. The molecule has 0 atom stereocenters. The summed E-state index contributed by atoms with van der Waals surface area (Å²) in [6.45, 7) is 18.5. The first-order valence-corrected chi connectivity index (χ1v) is 19.8. The number of allylic oxidation sites excluding steroid dienone is 4. The van der Waals surface area contributed by atoms with E-state index in [1.54, 1.807) is 3.87 Å². The predicted molar refractivity (Wildman–Crippen MR) is 197 cm³/mol. The summed E-state index contributed by atoms with van der Waals surface area (Å²) in [4.78, 5) is 5.71. The summed E-state index contributed by atoms with van der Waals surface area (Å²) in [6.07, 6.45) is 8.96. The molecule has 0 nitrogen and oxygen atoms in total. The molecule has 0 bridgehead atoms. The van der Waals surface area contributed by atoms with E-state index in [1.165, 1.54) is 56.1 Å². The summed E-state index contributed by atoms with van der Waals surface area (Å²) in [5, 5.41) is 0. The van der Waals surface area contributed by atoms with Gasteiger partial charge in [-0.25, -0.2) is 0 Å². The van der Waals surface area contributed by atoms with Gasteiger partial charge in [0, 0.05) is 0 Å². The van der Waals surface area contributed by atoms with Gasteiger partial charge in [0.05, 0.1) is 0 Å². The molecule has 0 amide bonds. The van der Waals surface area contributed by atoms with E-state index in [0.29, 0.717) is 0 Å². The summed E-state index contributed by atoms with van der Waals surface area (Å²) in [5.74, 6) is 0. The van der Waals surface area contributed by atoms with Crippen molar-refractivity contribution in [2.45, 2.75) is 79.1 Å². The number of hydrogen-bond acceptors (Lipinski definition) is 0. The minimum atomic E-state index is -4.48. The molecule has 4 aromatic carbocycles. The summed E-state index contributed by atoms with van der Waals surface area (Å²) in [7, 11) is 0. The van der Waals surface area contributed by atoms with Crippen LogP contribution in [0.3, 0.4) is 0 Å². The maximum absolute atomic E-state index is 5.71. The molecule has 230 valence electrons. The second-order valence-electron chi connectivity index (χ2n) is 15.1. The number of aryl methyl sites for hydroxylation is 2. The van der Waals surface area contributed by atoms with E-state index < -0.39 is 14.8 Å². The molecule has 0 unspecified atom stereocenters. The van der Waals surface area contributed by atoms with Crippen LogP contribution < -0.4 is 11.6 Å². The summed E-state index contributed by atoms with van der Waals surface area (Å²) in [6, 6.07) is 31.0. The van der Waals surface area contributed by atoms with Crippen molar-refractivity contribution in [3.8, 4) is 11.1 Å². The van der Waals surface area contributed by atoms with Gasteiger partial charge in [-0.15, -0.1) is 24.8 Å². The predicted octanol–water partition coefficient (Wildman–Crippen LogP) is 9.55. The molecule has 0 heterocycles. The van der Waals surface area contributed by atoms with Gasteiger partial charge < -0.3 is 0 Å². The van der Waals surface area contributed by atoms with E-state index in [9.17, 15) is 0 Å². The molecular formula is C41H48Cl2Ti. The van der Waals surface area contributed by atoms with Crippen LogP contribution in [0.25, 0.3) is 11.1 Å². The maximum atomic E-state index is 5.71. The summed E-state index contributed by atoms with van der Waals surface area (Å²) < 4.78 is 5.90. The van der Waals surface area contributed by atoms with Crippen molar-refractivity contribution in [1.82, 2.24) is 0 Å². The molecule has 0 aliphatic heterocycles. The third-order valence-corrected chi connectivity index (χ3v) is 20.6. The molecule has 0 radical (unpaired) electrons. The van der Waals surface area contributed by atoms with E-state index in [2.05, 4.69) is 152 Å². The monoisotopic (exact) mass is 658 g/mol. The molecule has 0 aromatic heterocycles. The Morgan fingerprint density at radius 1 is 0.659 bits per heavy atom. The van der Waals surface area contributed by atoms with Gasteiger partial charge in [-0.2, -0.15) is 0 Å². The van der Waals surface area contributed by atoms with Gasteiger partial charge in [0.15, 0.2) is 0 Å². The third kappa shape index (κ3) is 5.17. The van der Waals surface area contributed by atoms with Crippen LogP contribution in [0.15, 0.2) is 101 Å². The molecule has 0 spiro atoms. The Kier molecular flexibility index (Phi) is 9.16. The Bertz CT molecular complexity index is 1790. The van der Waals surface area contributed by atoms with Gasteiger partial charge in [-0.1, -0.05) is 0 Å². The van der Waals surface area contributed by atoms with Crippen LogP contribution >= 0.6 is 24.8 Å². The van der Waals surface area contributed by atoms with Crippen LogP contribution in [0.4, 0.5) is 0 Å². The molecule has 3 heteroatoms. The fourth-order valence-corrected chi connectivity index (χ4v) is 18.2. The van der Waals surface area contributed by atoms with Gasteiger partial charge in [0.1, 0.15) is 0 Å². The molecule has 2 aliphatic carbocycles. The zero-order valence-electron chi connectivity index (χ0n) is 27.7. The van der Waals surface area contributed by atoms with E-state index in [-0.39, 0.29) is 35.6 Å². The molecule has 2 aliphatic rings. The average Bonchev–Trinajstić information content (AvgIpc) is 3.60. The quantitative estimate of drug-likeness (QED) is 0.169. The second kappa shape index (κ2) is 11.7. The molecule has 0 saturated carbocycles. The van der Waals surface area contributed by atoms with Crippen LogP contribution in [0.1, 0.15) is 81.3 Å². The third-order valence-electron chi connectivity index (χ3n) is 10.2. The number of halogens is 2. The normalized spacial score (nSPS) is 14.3. The van der Waals surface area contributed by atoms with E-state index in [1.807, 2.05) is 0 Å². The topological polar surface area (TPSA) is 0 Å². The fourth-order valence-electron chi connectivity index (χ4n) is 7.68. The SMILES string of the molecule is Cl.Cl.[CH2]=[Ti]([C]1=CC=CC1)([c]1ccc(C)cc1)([c]1ccc(C)cc1)[c]1c(C(C)(C)C)ccc2c1Cc1cc(C(C)(C)C)ccc1-2. The summed E-state index contributed by atoms with van der Waals surface area (Å²) >= 11 is -4.48. The van der Waals surface area contributed by atoms with Crippen molar-refractivity contribution in [2.75, 3.05) is 0 Å². The van der Waals surface area contributed by atoms with Crippen molar-refractivity contribution in [3.63, 3.8) is 0 Å². The Labute approximate surface area is 278 Å². The van der Waals surface area contributed by atoms with Gasteiger partial charge in [-0.3, -0.25) is 0 Å². The molecule has 0 fully saturated rings. The molecule has 44 heavy (non-hydrogen) atoms. The Balaban J connectivity index is 0.00000221. The number of benzene rings is 4. The van der Waals surface area contributed by atoms with Crippen molar-refractivity contribution in [2.24, 2.45) is 0 Å². The van der Waals surface area contributed by atoms with Crippen LogP contribution in [-0.2, 0) is 32.1 Å². The fraction of sp³-hybridized carbons (Fsp3) is 0.293. The van der Waals surface area contributed by atoms with Crippen LogP contribution in [0.5, 0.6) is 0 Å². The van der Waals surface area contributed by atoms with Crippen LogP contribution in [0, 0.1) is 13.8 Å². The second-order valence-corrected chi connectivity index (χ2v) is 23.2. The van der Waals surface area contributed by atoms with Gasteiger partial charge >= 0.3 is 256 Å². The molecular weight excluding hydrogens is 611 g/mol. The Hall–Kier alpha value is -2.48. The van der Waals surface area contributed by atoms with E-state index in [4.69, 9.17) is 4.82 Å². The number of hydrogen-bond donors (Lipinski definition) is 0. The Morgan fingerprint density at radius 3 is 1.68 bits per heavy atom. The standard InChI is InChI=1S/C21H25.2C7H7.C5H5.CH2.2ClH.Ti/c1-20(2,3)16-7-9-18-14(12-16)11-15-13-17(21(4,5)6)8-10-19(15)18;2*1-7-5-3-2-4-6-7;1-2-4-5-3-1;;;;/h7-10,12H,11H2,1-6H3;2*3-6H,1H3;1-3H,4H2;1H2;2*1H;. The van der Waals surface area contributed by atoms with E-state index in [0.717, 1.165) is 12.8 Å². The number of rotatable bonds is 4. The van der Waals surface area contributed by atoms with Crippen LogP contribution in [-0.4, -0.2) is 4.82 Å². The van der Waals surface area contributed by atoms with Crippen molar-refractivity contribution < 1.29 is 14.8 Å². The first kappa shape index (κ1) is 34.4. The molecule has 4 aromatic rings. The first-order chi connectivity index (χ1) is 19.7. The first-order valence-electron chi connectivity index (χ1n) is 15.6. The molecule has 0 N–H and O–H groups in total. The summed E-state index contributed by atoms with van der Waals surface area (Å²) in [5.41, 5.74) is 11.3. The minimum absolute atomic E-state index is 0. The zero-order valence-corrected chi connectivity index (χ0v) is 30.9. The average molecular weight is 660 g/mol.